The van der Waals surface area contributed by atoms with Crippen LogP contribution in [0.5, 0.6) is 11.8 Å². The normalized spacial score (nSPS) is 16.2. The predicted octanol–water partition coefficient (Wildman–Crippen LogP) is 2.71. The van der Waals surface area contributed by atoms with E-state index in [0.29, 0.717) is 18.1 Å². The van der Waals surface area contributed by atoms with E-state index in [9.17, 15) is 4.21 Å². The molecule has 114 valence electrons. The average molecular weight is 324 g/mol. The molecule has 0 saturated carbocycles. The molecule has 2 aromatic heterocycles. The minimum atomic E-state index is -1.27. The first-order chi connectivity index (χ1) is 11.3. The molecule has 7 heteroatoms. The van der Waals surface area contributed by atoms with Crippen LogP contribution in [0.15, 0.2) is 66.0 Å². The van der Waals surface area contributed by atoms with Crippen LogP contribution >= 0.6 is 0 Å². The summed E-state index contributed by atoms with van der Waals surface area (Å²) in [6.45, 7) is 0.548. The van der Waals surface area contributed by atoms with Gasteiger partial charge in [-0.15, -0.1) is 0 Å². The number of aromatic nitrogens is 3. The Kier molecular flexibility index (Phi) is 3.47. The van der Waals surface area contributed by atoms with Gasteiger partial charge in [-0.2, -0.15) is 4.98 Å². The van der Waals surface area contributed by atoms with Crippen LogP contribution in [0.3, 0.4) is 0 Å². The van der Waals surface area contributed by atoms with Crippen molar-refractivity contribution >= 4 is 16.8 Å². The molecule has 0 saturated heterocycles. The fourth-order valence-electron chi connectivity index (χ4n) is 2.34. The van der Waals surface area contributed by atoms with Crippen LogP contribution in [0.25, 0.3) is 0 Å². The first kappa shape index (κ1) is 13.8. The summed E-state index contributed by atoms with van der Waals surface area (Å²) in [5.41, 5.74) is 1.04. The van der Waals surface area contributed by atoms with Crippen molar-refractivity contribution in [1.29, 1.82) is 0 Å². The molecular formula is C16H12N4O2S. The molecule has 23 heavy (non-hydrogen) atoms. The molecule has 1 aliphatic heterocycles. The summed E-state index contributed by atoms with van der Waals surface area (Å²) < 4.78 is 19.9. The zero-order chi connectivity index (χ0) is 15.6. The highest BCUT2D eigenvalue weighted by Gasteiger charge is 2.28. The highest BCUT2D eigenvalue weighted by atomic mass is 32.2. The highest BCUT2D eigenvalue weighted by Crippen LogP contribution is 2.31. The number of anilines is 1. The van der Waals surface area contributed by atoms with Crippen LogP contribution in [0.2, 0.25) is 0 Å². The van der Waals surface area contributed by atoms with E-state index in [0.717, 1.165) is 10.5 Å². The van der Waals surface area contributed by atoms with E-state index < -0.39 is 11.0 Å². The lowest BCUT2D eigenvalue weighted by molar-refractivity contribution is 0.440. The van der Waals surface area contributed by atoms with E-state index in [1.807, 2.05) is 24.3 Å². The average Bonchev–Trinajstić information content (AvgIpc) is 2.93. The molecule has 1 aliphatic rings. The Morgan fingerprint density at radius 2 is 2.00 bits per heavy atom. The van der Waals surface area contributed by atoms with Crippen LogP contribution < -0.4 is 9.04 Å². The fourth-order valence-corrected chi connectivity index (χ4v) is 3.65. The third-order valence-electron chi connectivity index (χ3n) is 3.39. The summed E-state index contributed by atoms with van der Waals surface area (Å²) >= 11 is 0. The molecule has 0 bridgehead atoms. The maximum absolute atomic E-state index is 12.6. The second kappa shape index (κ2) is 5.77. The van der Waals surface area contributed by atoms with Crippen LogP contribution in [0.4, 0.5) is 5.82 Å². The smallest absolute Gasteiger partial charge is 0.323 e. The number of benzene rings is 1. The van der Waals surface area contributed by atoms with Gasteiger partial charge in [0.15, 0.2) is 11.0 Å². The van der Waals surface area contributed by atoms with E-state index >= 15 is 0 Å². The minimum Gasteiger partial charge on any atom is -0.423 e. The lowest BCUT2D eigenvalue weighted by Gasteiger charge is -2.15. The molecule has 3 aromatic rings. The van der Waals surface area contributed by atoms with Crippen LogP contribution in [-0.4, -0.2) is 19.2 Å². The van der Waals surface area contributed by atoms with Crippen molar-refractivity contribution in [3.05, 3.63) is 66.6 Å². The molecule has 0 spiro atoms. The topological polar surface area (TPSA) is 68.2 Å². The second-order valence-corrected chi connectivity index (χ2v) is 6.26. The summed E-state index contributed by atoms with van der Waals surface area (Å²) in [5.74, 6) is 1.11. The van der Waals surface area contributed by atoms with Crippen molar-refractivity contribution in [2.75, 3.05) is 4.31 Å². The SMILES string of the molecule is O=S1c2ccccc2CN1c1ccnc(Oc2cccnc2)n1. The van der Waals surface area contributed by atoms with Gasteiger partial charge in [0.05, 0.1) is 17.6 Å². The van der Waals surface area contributed by atoms with Crippen molar-refractivity contribution in [1.82, 2.24) is 15.0 Å². The van der Waals surface area contributed by atoms with Crippen LogP contribution in [0.1, 0.15) is 5.56 Å². The molecule has 1 unspecified atom stereocenters. The summed E-state index contributed by atoms with van der Waals surface area (Å²) in [7, 11) is -1.27. The molecule has 0 amide bonds. The number of hydrogen-bond acceptors (Lipinski definition) is 5. The van der Waals surface area contributed by atoms with Gasteiger partial charge < -0.3 is 4.74 Å². The molecule has 0 radical (unpaired) electrons. The molecule has 1 atom stereocenters. The zero-order valence-corrected chi connectivity index (χ0v) is 12.8. The lowest BCUT2D eigenvalue weighted by Crippen LogP contribution is -2.19. The molecule has 6 nitrogen and oxygen atoms in total. The molecule has 0 aliphatic carbocycles. The molecule has 0 fully saturated rings. The van der Waals surface area contributed by atoms with E-state index in [2.05, 4.69) is 15.0 Å². The second-order valence-electron chi connectivity index (χ2n) is 4.88. The molecular weight excluding hydrogens is 312 g/mol. The van der Waals surface area contributed by atoms with Gasteiger partial charge in [-0.25, -0.2) is 9.19 Å². The van der Waals surface area contributed by atoms with E-state index in [4.69, 9.17) is 4.74 Å². The van der Waals surface area contributed by atoms with Crippen LogP contribution in [-0.2, 0) is 17.5 Å². The molecule has 4 rings (SSSR count). The molecule has 3 heterocycles. The Bertz CT molecular complexity index is 873. The minimum absolute atomic E-state index is 0.198. The fraction of sp³-hybridized carbons (Fsp3) is 0.0625. The van der Waals surface area contributed by atoms with Gasteiger partial charge in [0.1, 0.15) is 11.6 Å². The van der Waals surface area contributed by atoms with Crippen LogP contribution in [0, 0.1) is 0 Å². The van der Waals surface area contributed by atoms with Crippen molar-refractivity contribution in [3.63, 3.8) is 0 Å². The third kappa shape index (κ3) is 2.66. The van der Waals surface area contributed by atoms with Crippen molar-refractivity contribution in [2.45, 2.75) is 11.4 Å². The van der Waals surface area contributed by atoms with E-state index in [1.165, 1.54) is 0 Å². The quantitative estimate of drug-likeness (QED) is 0.741. The number of ether oxygens (including phenoxy) is 1. The summed E-state index contributed by atoms with van der Waals surface area (Å²) in [4.78, 5) is 13.2. The largest absolute Gasteiger partial charge is 0.423 e. The van der Waals surface area contributed by atoms with Gasteiger partial charge in [0.25, 0.3) is 0 Å². The number of rotatable bonds is 3. The lowest BCUT2D eigenvalue weighted by atomic mass is 10.2. The van der Waals surface area contributed by atoms with Crippen molar-refractivity contribution < 1.29 is 8.95 Å². The highest BCUT2D eigenvalue weighted by molar-refractivity contribution is 7.86. The first-order valence-corrected chi connectivity index (χ1v) is 8.10. The van der Waals surface area contributed by atoms with Gasteiger partial charge in [0.2, 0.25) is 0 Å². The first-order valence-electron chi connectivity index (χ1n) is 6.99. The Morgan fingerprint density at radius 1 is 1.09 bits per heavy atom. The van der Waals surface area contributed by atoms with Gasteiger partial charge in [0, 0.05) is 18.5 Å². The summed E-state index contributed by atoms with van der Waals surface area (Å²) in [6, 6.07) is 13.1. The molecule has 0 N–H and O–H groups in total. The monoisotopic (exact) mass is 324 g/mol. The van der Waals surface area contributed by atoms with Crippen molar-refractivity contribution in [2.24, 2.45) is 0 Å². The van der Waals surface area contributed by atoms with Gasteiger partial charge in [-0.05, 0) is 23.8 Å². The van der Waals surface area contributed by atoms with E-state index in [-0.39, 0.29) is 6.01 Å². The summed E-state index contributed by atoms with van der Waals surface area (Å²) in [5, 5.41) is 0. The Hall–Kier alpha value is -2.80. The number of nitrogens with zero attached hydrogens (tertiary/aromatic N) is 4. The van der Waals surface area contributed by atoms with Gasteiger partial charge in [-0.1, -0.05) is 18.2 Å². The Morgan fingerprint density at radius 3 is 2.83 bits per heavy atom. The number of fused-ring (bicyclic) bond motifs is 1. The van der Waals surface area contributed by atoms with E-state index in [1.54, 1.807) is 41.1 Å². The maximum atomic E-state index is 12.6. The standard InChI is InChI=1S/C16H12N4O2S/c21-23-14-6-2-1-4-12(14)11-20(23)15-7-9-18-16(19-15)22-13-5-3-8-17-10-13/h1-10H,11H2. The maximum Gasteiger partial charge on any atom is 0.323 e. The number of hydrogen-bond donors (Lipinski definition) is 0. The van der Waals surface area contributed by atoms with Crippen molar-refractivity contribution in [3.8, 4) is 11.8 Å². The summed E-state index contributed by atoms with van der Waals surface area (Å²) in [6.07, 6.45) is 4.84. The molecule has 1 aromatic carbocycles. The predicted molar refractivity (Wildman–Crippen MR) is 85.4 cm³/mol. The Balaban J connectivity index is 1.62. The Labute approximate surface area is 135 Å². The number of pyridine rings is 1. The van der Waals surface area contributed by atoms with Gasteiger partial charge >= 0.3 is 6.01 Å². The van der Waals surface area contributed by atoms with Gasteiger partial charge in [-0.3, -0.25) is 9.29 Å². The third-order valence-corrected chi connectivity index (χ3v) is 4.88. The zero-order valence-electron chi connectivity index (χ0n) is 12.0.